The summed E-state index contributed by atoms with van der Waals surface area (Å²) in [7, 11) is 0. The molecule has 12 heavy (non-hydrogen) atoms. The lowest BCUT2D eigenvalue weighted by Gasteiger charge is -2.40. The molecule has 0 radical (unpaired) electrons. The summed E-state index contributed by atoms with van der Waals surface area (Å²) < 4.78 is -0.0896. The van der Waals surface area contributed by atoms with Crippen LogP contribution in [0.3, 0.4) is 0 Å². The molecule has 1 aliphatic heterocycles. The van der Waals surface area contributed by atoms with E-state index in [0.29, 0.717) is 10.6 Å². The number of nitrogens with two attached hydrogens (primary N) is 1. The highest BCUT2D eigenvalue weighted by Crippen LogP contribution is 2.52. The van der Waals surface area contributed by atoms with Crippen molar-refractivity contribution in [1.29, 1.82) is 0 Å². The summed E-state index contributed by atoms with van der Waals surface area (Å²) >= 11 is 1.39. The molecule has 0 amide bonds. The third kappa shape index (κ3) is 1.10. The molecule has 3 N–H and O–H groups in total. The summed E-state index contributed by atoms with van der Waals surface area (Å²) in [5.74, 6) is -0.893. The lowest BCUT2D eigenvalue weighted by atomic mass is 9.96. The van der Waals surface area contributed by atoms with Gasteiger partial charge in [-0.05, 0) is 12.8 Å². The largest absolute Gasteiger partial charge is 0.477 e. The molecule has 1 heterocycles. The van der Waals surface area contributed by atoms with Gasteiger partial charge in [0.2, 0.25) is 0 Å². The lowest BCUT2D eigenvalue weighted by molar-refractivity contribution is -0.132. The first-order valence-corrected chi connectivity index (χ1v) is 4.81. The normalized spacial score (nSPS) is 20.5. The van der Waals surface area contributed by atoms with E-state index in [9.17, 15) is 4.79 Å². The minimum absolute atomic E-state index is 0.0896. The van der Waals surface area contributed by atoms with Gasteiger partial charge in [-0.25, -0.2) is 4.79 Å². The smallest absolute Gasteiger partial charge is 0.344 e. The van der Waals surface area contributed by atoms with Crippen LogP contribution in [-0.2, 0) is 4.79 Å². The molecule has 0 aromatic carbocycles. The fraction of sp³-hybridized carbons (Fsp3) is 0.625. The minimum Gasteiger partial charge on any atom is -0.477 e. The van der Waals surface area contributed by atoms with Crippen molar-refractivity contribution in [3.8, 4) is 0 Å². The van der Waals surface area contributed by atoms with Crippen LogP contribution in [0.1, 0.15) is 26.7 Å². The molecule has 0 aromatic heterocycles. The van der Waals surface area contributed by atoms with Crippen LogP contribution in [0, 0.1) is 0 Å². The third-order valence-corrected chi connectivity index (χ3v) is 4.16. The highest BCUT2D eigenvalue weighted by molar-refractivity contribution is 8.07. The second-order valence-electron chi connectivity index (χ2n) is 2.85. The second kappa shape index (κ2) is 3.01. The van der Waals surface area contributed by atoms with Crippen LogP contribution in [0.25, 0.3) is 0 Å². The van der Waals surface area contributed by atoms with Gasteiger partial charge < -0.3 is 10.8 Å². The SMILES string of the molecule is CCC1(CC)SC(C(=O)O)=C1N. The lowest BCUT2D eigenvalue weighted by Crippen LogP contribution is -2.40. The Bertz CT molecular complexity index is 243. The first-order chi connectivity index (χ1) is 5.57. The van der Waals surface area contributed by atoms with Crippen LogP contribution in [0.4, 0.5) is 0 Å². The number of carboxylic acids is 1. The first kappa shape index (κ1) is 9.45. The number of hydrogen-bond acceptors (Lipinski definition) is 3. The summed E-state index contributed by atoms with van der Waals surface area (Å²) in [5, 5.41) is 8.67. The van der Waals surface area contributed by atoms with Crippen LogP contribution in [0.15, 0.2) is 10.6 Å². The van der Waals surface area contributed by atoms with Gasteiger partial charge in [0.25, 0.3) is 0 Å². The van der Waals surface area contributed by atoms with Crippen molar-refractivity contribution in [2.75, 3.05) is 0 Å². The Labute approximate surface area is 76.0 Å². The molecular weight excluding hydrogens is 174 g/mol. The number of hydrogen-bond donors (Lipinski definition) is 2. The van der Waals surface area contributed by atoms with Gasteiger partial charge >= 0.3 is 5.97 Å². The Morgan fingerprint density at radius 1 is 1.58 bits per heavy atom. The van der Waals surface area contributed by atoms with Gasteiger partial charge in [-0.15, -0.1) is 11.8 Å². The zero-order valence-corrected chi connectivity index (χ0v) is 8.07. The van der Waals surface area contributed by atoms with Crippen molar-refractivity contribution < 1.29 is 9.90 Å². The molecule has 68 valence electrons. The third-order valence-electron chi connectivity index (χ3n) is 2.37. The summed E-state index contributed by atoms with van der Waals surface area (Å²) in [6, 6.07) is 0. The molecule has 0 atom stereocenters. The zero-order valence-electron chi connectivity index (χ0n) is 7.26. The van der Waals surface area contributed by atoms with Gasteiger partial charge in [0, 0.05) is 5.70 Å². The second-order valence-corrected chi connectivity index (χ2v) is 4.25. The maximum atomic E-state index is 10.6. The number of rotatable bonds is 3. The van der Waals surface area contributed by atoms with Gasteiger partial charge in [-0.3, -0.25) is 0 Å². The number of aliphatic carboxylic acids is 1. The van der Waals surface area contributed by atoms with E-state index in [0.717, 1.165) is 12.8 Å². The molecule has 3 nitrogen and oxygen atoms in total. The fourth-order valence-corrected chi connectivity index (χ4v) is 2.53. The number of carbonyl (C=O) groups is 1. The van der Waals surface area contributed by atoms with E-state index in [1.165, 1.54) is 11.8 Å². The van der Waals surface area contributed by atoms with Crippen molar-refractivity contribution in [3.05, 3.63) is 10.6 Å². The van der Waals surface area contributed by atoms with E-state index < -0.39 is 5.97 Å². The molecule has 0 saturated carbocycles. The molecule has 1 rings (SSSR count). The van der Waals surface area contributed by atoms with Crippen LogP contribution in [0.2, 0.25) is 0 Å². The molecule has 0 fully saturated rings. The topological polar surface area (TPSA) is 63.3 Å². The van der Waals surface area contributed by atoms with Crippen molar-refractivity contribution in [2.45, 2.75) is 31.4 Å². The van der Waals surface area contributed by atoms with Gasteiger partial charge in [0.1, 0.15) is 4.91 Å². The van der Waals surface area contributed by atoms with Crippen molar-refractivity contribution in [2.24, 2.45) is 5.73 Å². The Hall–Kier alpha value is -0.640. The summed E-state index contributed by atoms with van der Waals surface area (Å²) in [6.07, 6.45) is 1.80. The molecule has 0 saturated heterocycles. The fourth-order valence-electron chi connectivity index (χ4n) is 1.40. The zero-order chi connectivity index (χ0) is 9.35. The number of thioether (sulfide) groups is 1. The average Bonchev–Trinajstić information content (AvgIpc) is 2.04. The van der Waals surface area contributed by atoms with Gasteiger partial charge in [-0.1, -0.05) is 13.8 Å². The van der Waals surface area contributed by atoms with E-state index in [1.807, 2.05) is 13.8 Å². The highest BCUT2D eigenvalue weighted by atomic mass is 32.2. The van der Waals surface area contributed by atoms with E-state index in [-0.39, 0.29) is 4.75 Å². The van der Waals surface area contributed by atoms with Crippen LogP contribution >= 0.6 is 11.8 Å². The number of carboxylic acid groups (broad SMARTS) is 1. The molecule has 0 unspecified atom stereocenters. The molecule has 4 heteroatoms. The molecular formula is C8H13NO2S. The summed E-state index contributed by atoms with van der Waals surface area (Å²) in [5.41, 5.74) is 6.26. The van der Waals surface area contributed by atoms with E-state index in [1.54, 1.807) is 0 Å². The van der Waals surface area contributed by atoms with E-state index in [2.05, 4.69) is 0 Å². The van der Waals surface area contributed by atoms with Gasteiger partial charge in [0.05, 0.1) is 4.75 Å². The van der Waals surface area contributed by atoms with Crippen LogP contribution in [0.5, 0.6) is 0 Å². The Kier molecular flexibility index (Phi) is 2.37. The maximum absolute atomic E-state index is 10.6. The highest BCUT2D eigenvalue weighted by Gasteiger charge is 2.44. The Morgan fingerprint density at radius 2 is 2.08 bits per heavy atom. The Balaban J connectivity index is 2.88. The molecule has 0 spiro atoms. The molecule has 0 aliphatic carbocycles. The average molecular weight is 187 g/mol. The van der Waals surface area contributed by atoms with Crippen molar-refractivity contribution in [1.82, 2.24) is 0 Å². The summed E-state index contributed by atoms with van der Waals surface area (Å²) in [6.45, 7) is 4.06. The predicted octanol–water partition coefficient (Wildman–Crippen LogP) is 1.55. The predicted molar refractivity (Wildman–Crippen MR) is 49.8 cm³/mol. The quantitative estimate of drug-likeness (QED) is 0.703. The van der Waals surface area contributed by atoms with Gasteiger partial charge in [-0.2, -0.15) is 0 Å². The van der Waals surface area contributed by atoms with E-state index >= 15 is 0 Å². The van der Waals surface area contributed by atoms with Crippen LogP contribution in [-0.4, -0.2) is 15.8 Å². The van der Waals surface area contributed by atoms with E-state index in [4.69, 9.17) is 10.8 Å². The molecule has 0 bridgehead atoms. The standard InChI is InChI=1S/C8H13NO2S/c1-3-8(4-2)6(9)5(12-8)7(10)11/h3-4,9H2,1-2H3,(H,10,11). The van der Waals surface area contributed by atoms with Crippen molar-refractivity contribution >= 4 is 17.7 Å². The maximum Gasteiger partial charge on any atom is 0.344 e. The summed E-state index contributed by atoms with van der Waals surface area (Å²) in [4.78, 5) is 10.9. The van der Waals surface area contributed by atoms with Gasteiger partial charge in [0.15, 0.2) is 0 Å². The van der Waals surface area contributed by atoms with Crippen molar-refractivity contribution in [3.63, 3.8) is 0 Å². The van der Waals surface area contributed by atoms with Crippen LogP contribution < -0.4 is 5.73 Å². The Morgan fingerprint density at radius 3 is 2.33 bits per heavy atom. The molecule has 0 aromatic rings. The minimum atomic E-state index is -0.893. The monoisotopic (exact) mass is 187 g/mol. The molecule has 1 aliphatic rings. The first-order valence-electron chi connectivity index (χ1n) is 4.00.